The second-order valence-corrected chi connectivity index (χ2v) is 7.00. The summed E-state index contributed by atoms with van der Waals surface area (Å²) in [6.45, 7) is 7.76. The fourth-order valence-electron chi connectivity index (χ4n) is 3.25. The summed E-state index contributed by atoms with van der Waals surface area (Å²) in [4.78, 5) is 0. The van der Waals surface area contributed by atoms with E-state index in [1.165, 1.54) is 0 Å². The van der Waals surface area contributed by atoms with E-state index in [0.29, 0.717) is 11.9 Å². The monoisotopic (exact) mass is 352 g/mol. The molecule has 0 unspecified atom stereocenters. The van der Waals surface area contributed by atoms with E-state index in [4.69, 9.17) is 23.7 Å². The second-order valence-electron chi connectivity index (χ2n) is 6.44. The van der Waals surface area contributed by atoms with E-state index < -0.39 is 35.7 Å². The zero-order chi connectivity index (χ0) is 14.8. The molecule has 0 aliphatic carbocycles. The first kappa shape index (κ1) is 15.1. The molecule has 7 heteroatoms. The molecular formula is C13H21BrO6. The van der Waals surface area contributed by atoms with Crippen molar-refractivity contribution >= 4 is 15.9 Å². The Hall–Kier alpha value is 0.240. The van der Waals surface area contributed by atoms with Gasteiger partial charge in [0.15, 0.2) is 17.9 Å². The van der Waals surface area contributed by atoms with Crippen molar-refractivity contribution in [3.05, 3.63) is 0 Å². The molecule has 3 rings (SSSR count). The van der Waals surface area contributed by atoms with Gasteiger partial charge in [-0.2, -0.15) is 0 Å². The maximum absolute atomic E-state index is 10.1. The molecule has 0 aromatic rings. The normalized spacial score (nSPS) is 49.5. The van der Waals surface area contributed by atoms with Gasteiger partial charge in [0, 0.05) is 5.33 Å². The third-order valence-corrected chi connectivity index (χ3v) is 4.81. The first-order valence-electron chi connectivity index (χ1n) is 6.78. The lowest BCUT2D eigenvalue weighted by Gasteiger charge is -2.34. The highest BCUT2D eigenvalue weighted by Crippen LogP contribution is 2.49. The lowest BCUT2D eigenvalue weighted by Crippen LogP contribution is -2.53. The molecular weight excluding hydrogens is 332 g/mol. The van der Waals surface area contributed by atoms with Gasteiger partial charge in [0.1, 0.15) is 23.9 Å². The molecule has 0 bridgehead atoms. The molecule has 116 valence electrons. The fraction of sp³-hybridized carbons (Fsp3) is 1.00. The first-order chi connectivity index (χ1) is 9.19. The maximum Gasteiger partial charge on any atom is 0.184 e. The van der Waals surface area contributed by atoms with E-state index in [1.807, 2.05) is 27.7 Å². The Kier molecular flexibility index (Phi) is 3.50. The van der Waals surface area contributed by atoms with E-state index in [0.717, 1.165) is 0 Å². The van der Waals surface area contributed by atoms with Gasteiger partial charge in [0.05, 0.1) is 6.61 Å². The summed E-state index contributed by atoms with van der Waals surface area (Å²) in [5, 5.41) is 10.6. The van der Waals surface area contributed by atoms with Crippen molar-refractivity contribution in [3.63, 3.8) is 0 Å². The van der Waals surface area contributed by atoms with Crippen LogP contribution in [0.1, 0.15) is 27.7 Å². The highest BCUT2D eigenvalue weighted by atomic mass is 79.9. The van der Waals surface area contributed by atoms with Crippen LogP contribution in [0.25, 0.3) is 0 Å². The Morgan fingerprint density at radius 2 is 1.80 bits per heavy atom. The van der Waals surface area contributed by atoms with E-state index in [-0.39, 0.29) is 6.10 Å². The summed E-state index contributed by atoms with van der Waals surface area (Å²) >= 11 is 3.48. The molecule has 0 spiro atoms. The van der Waals surface area contributed by atoms with Crippen molar-refractivity contribution in [1.82, 2.24) is 0 Å². The molecule has 3 fully saturated rings. The Morgan fingerprint density at radius 1 is 1.10 bits per heavy atom. The molecule has 3 saturated heterocycles. The molecule has 3 aliphatic heterocycles. The zero-order valence-electron chi connectivity index (χ0n) is 12.1. The van der Waals surface area contributed by atoms with Crippen LogP contribution in [-0.4, -0.2) is 58.8 Å². The molecule has 0 aromatic carbocycles. The van der Waals surface area contributed by atoms with Gasteiger partial charge in [-0.25, -0.2) is 0 Å². The third-order valence-electron chi connectivity index (χ3n) is 3.93. The lowest BCUT2D eigenvalue weighted by atomic mass is 9.91. The number of fused-ring (bicyclic) bond motifs is 1. The van der Waals surface area contributed by atoms with Gasteiger partial charge < -0.3 is 28.8 Å². The van der Waals surface area contributed by atoms with Crippen LogP contribution in [0.3, 0.4) is 0 Å². The van der Waals surface area contributed by atoms with Crippen LogP contribution in [0, 0.1) is 0 Å². The Bertz CT molecular complexity index is 400. The van der Waals surface area contributed by atoms with Gasteiger partial charge in [0.2, 0.25) is 0 Å². The number of rotatable bonds is 2. The van der Waals surface area contributed by atoms with Crippen molar-refractivity contribution in [3.8, 4) is 0 Å². The second kappa shape index (κ2) is 4.62. The molecule has 6 nitrogen and oxygen atoms in total. The minimum absolute atomic E-state index is 0.306. The van der Waals surface area contributed by atoms with Crippen LogP contribution in [0.5, 0.6) is 0 Å². The van der Waals surface area contributed by atoms with Crippen LogP contribution in [0.15, 0.2) is 0 Å². The van der Waals surface area contributed by atoms with Gasteiger partial charge in [-0.3, -0.25) is 0 Å². The van der Waals surface area contributed by atoms with Crippen molar-refractivity contribution in [1.29, 1.82) is 0 Å². The van der Waals surface area contributed by atoms with Crippen LogP contribution in [-0.2, 0) is 23.7 Å². The van der Waals surface area contributed by atoms with Gasteiger partial charge in [-0.1, -0.05) is 15.9 Å². The van der Waals surface area contributed by atoms with Crippen molar-refractivity contribution in [2.45, 2.75) is 69.5 Å². The SMILES string of the molecule is CC1(C)OC[C@H]([C@H]2O[C@H](O)[C@@H]3OC(C)(C)O[C@]23CBr)O1. The molecule has 0 aromatic heterocycles. The fourth-order valence-corrected chi connectivity index (χ4v) is 4.00. The summed E-state index contributed by atoms with van der Waals surface area (Å²) < 4.78 is 29.0. The smallest absolute Gasteiger partial charge is 0.184 e. The third kappa shape index (κ3) is 2.24. The van der Waals surface area contributed by atoms with Gasteiger partial charge in [-0.15, -0.1) is 0 Å². The lowest BCUT2D eigenvalue weighted by molar-refractivity contribution is -0.245. The molecule has 0 amide bonds. The minimum atomic E-state index is -1.04. The summed E-state index contributed by atoms with van der Waals surface area (Å²) in [5.74, 6) is -1.42. The van der Waals surface area contributed by atoms with Crippen LogP contribution in [0.4, 0.5) is 0 Å². The van der Waals surface area contributed by atoms with E-state index in [1.54, 1.807) is 0 Å². The zero-order valence-corrected chi connectivity index (χ0v) is 13.7. The highest BCUT2D eigenvalue weighted by molar-refractivity contribution is 9.09. The van der Waals surface area contributed by atoms with Crippen molar-refractivity contribution < 1.29 is 28.8 Å². The number of alkyl halides is 1. The van der Waals surface area contributed by atoms with Crippen LogP contribution < -0.4 is 0 Å². The maximum atomic E-state index is 10.1. The molecule has 0 radical (unpaired) electrons. The first-order valence-corrected chi connectivity index (χ1v) is 7.90. The van der Waals surface area contributed by atoms with E-state index in [9.17, 15) is 5.11 Å². The summed E-state index contributed by atoms with van der Waals surface area (Å²) in [6.07, 6.45) is -2.34. The number of hydrogen-bond acceptors (Lipinski definition) is 6. The predicted molar refractivity (Wildman–Crippen MR) is 72.3 cm³/mol. The minimum Gasteiger partial charge on any atom is -0.366 e. The van der Waals surface area contributed by atoms with Gasteiger partial charge in [-0.05, 0) is 27.7 Å². The number of halogens is 1. The van der Waals surface area contributed by atoms with Crippen molar-refractivity contribution in [2.75, 3.05) is 11.9 Å². The molecule has 3 aliphatic rings. The molecule has 0 saturated carbocycles. The summed E-state index contributed by atoms with van der Waals surface area (Å²) in [6, 6.07) is 0. The molecule has 5 atom stereocenters. The Balaban J connectivity index is 1.88. The Morgan fingerprint density at radius 3 is 2.35 bits per heavy atom. The number of aliphatic hydroxyl groups excluding tert-OH is 1. The quantitative estimate of drug-likeness (QED) is 0.751. The molecule has 1 N–H and O–H groups in total. The standard InChI is InChI=1S/C13H21BrO6/c1-11(2)16-5-7(18-11)8-13(6-14)9(10(15)17-8)19-12(3,4)20-13/h7-10,15H,5-6H2,1-4H3/t7-,8-,9+,10+,13-/m1/s1. The van der Waals surface area contributed by atoms with Crippen LogP contribution >= 0.6 is 15.9 Å². The van der Waals surface area contributed by atoms with E-state index >= 15 is 0 Å². The largest absolute Gasteiger partial charge is 0.366 e. The topological polar surface area (TPSA) is 66.4 Å². The van der Waals surface area contributed by atoms with E-state index in [2.05, 4.69) is 15.9 Å². The Labute approximate surface area is 126 Å². The molecule has 20 heavy (non-hydrogen) atoms. The average Bonchev–Trinajstić information content (AvgIpc) is 2.90. The van der Waals surface area contributed by atoms with Gasteiger partial charge >= 0.3 is 0 Å². The number of ether oxygens (including phenoxy) is 5. The summed E-state index contributed by atoms with van der Waals surface area (Å²) in [5.41, 5.74) is -0.780. The predicted octanol–water partition coefficient (Wildman–Crippen LogP) is 1.14. The highest BCUT2D eigenvalue weighted by Gasteiger charge is 2.68. The number of aliphatic hydroxyl groups is 1. The number of hydrogen-bond donors (Lipinski definition) is 1. The van der Waals surface area contributed by atoms with Gasteiger partial charge in [0.25, 0.3) is 0 Å². The van der Waals surface area contributed by atoms with Crippen LogP contribution in [0.2, 0.25) is 0 Å². The van der Waals surface area contributed by atoms with Crippen molar-refractivity contribution in [2.24, 2.45) is 0 Å². The molecule has 3 heterocycles. The average molecular weight is 353 g/mol. The summed E-state index contributed by atoms with van der Waals surface area (Å²) in [7, 11) is 0.